The summed E-state index contributed by atoms with van der Waals surface area (Å²) in [6, 6.07) is 10.4. The van der Waals surface area contributed by atoms with Crippen molar-refractivity contribution in [2.75, 3.05) is 4.81 Å². The van der Waals surface area contributed by atoms with E-state index in [1.54, 1.807) is 0 Å². The van der Waals surface area contributed by atoms with Crippen molar-refractivity contribution < 1.29 is 4.57 Å². The van der Waals surface area contributed by atoms with Gasteiger partial charge in [-0.1, -0.05) is 12.1 Å². The average molecular weight is 250 g/mol. The Morgan fingerprint density at radius 3 is 2.84 bits per heavy atom. The van der Waals surface area contributed by atoms with E-state index in [0.29, 0.717) is 0 Å². The van der Waals surface area contributed by atoms with Crippen LogP contribution in [0.3, 0.4) is 0 Å². The highest BCUT2D eigenvalue weighted by Gasteiger charge is 2.37. The molecule has 1 aliphatic rings. The van der Waals surface area contributed by atoms with Gasteiger partial charge in [0.05, 0.1) is 24.5 Å². The number of hydrogen-bond acceptors (Lipinski definition) is 2. The Kier molecular flexibility index (Phi) is 2.86. The van der Waals surface area contributed by atoms with Gasteiger partial charge in [-0.3, -0.25) is 9.79 Å². The molecule has 0 fully saturated rings. The summed E-state index contributed by atoms with van der Waals surface area (Å²) in [6.07, 6.45) is 6.14. The van der Waals surface area contributed by atoms with E-state index in [2.05, 4.69) is 65.6 Å². The molecule has 0 unspecified atom stereocenters. The fourth-order valence-electron chi connectivity index (χ4n) is 2.77. The lowest BCUT2D eigenvalue weighted by Gasteiger charge is -2.27. The minimum Gasteiger partial charge on any atom is -0.289 e. The van der Waals surface area contributed by atoms with Crippen molar-refractivity contribution in [2.24, 2.45) is 7.05 Å². The summed E-state index contributed by atoms with van der Waals surface area (Å²) >= 11 is 0. The maximum Gasteiger partial charge on any atom is 0.428 e. The van der Waals surface area contributed by atoms with Crippen LogP contribution in [0.2, 0.25) is 6.82 Å². The Bertz CT molecular complexity index is 651. The second kappa shape index (κ2) is 4.54. The number of hydrogen-bond donors (Lipinski definition) is 0. The van der Waals surface area contributed by atoms with Crippen LogP contribution in [0.25, 0.3) is 6.08 Å². The minimum atomic E-state index is 0.245. The molecule has 0 atom stereocenters. The number of nitrogens with zero attached hydrogens (tertiary/aromatic N) is 3. The lowest BCUT2D eigenvalue weighted by atomic mass is 9.56. The van der Waals surface area contributed by atoms with Crippen molar-refractivity contribution in [2.45, 2.75) is 13.7 Å². The predicted molar refractivity (Wildman–Crippen MR) is 79.2 cm³/mol. The molecule has 0 spiro atoms. The maximum atomic E-state index is 4.54. The molecule has 94 valence electrons. The standard InChI is InChI=1S/C15H17BN3/c1-12-11-13-7-6-9-17-15(13)16(2)19(12)14-8-4-5-10-18(14)3/h4-11H,1-3H3/q+1. The maximum absolute atomic E-state index is 4.54. The topological polar surface area (TPSA) is 20.0 Å². The number of rotatable bonds is 1. The van der Waals surface area contributed by atoms with Crippen LogP contribution in [0.5, 0.6) is 0 Å². The zero-order chi connectivity index (χ0) is 13.4. The quantitative estimate of drug-likeness (QED) is 0.566. The Labute approximate surface area is 114 Å². The van der Waals surface area contributed by atoms with Crippen LogP contribution in [0.15, 0.2) is 48.4 Å². The highest BCUT2D eigenvalue weighted by Crippen LogP contribution is 2.22. The Hall–Kier alpha value is -2.10. The van der Waals surface area contributed by atoms with E-state index in [4.69, 9.17) is 0 Å². The molecule has 3 rings (SSSR count). The number of fused-ring (bicyclic) bond motifs is 1. The molecule has 19 heavy (non-hydrogen) atoms. The third kappa shape index (κ3) is 1.93. The lowest BCUT2D eigenvalue weighted by molar-refractivity contribution is -0.658. The van der Waals surface area contributed by atoms with Gasteiger partial charge in [0, 0.05) is 12.3 Å². The molecular formula is C15H17BN3+. The van der Waals surface area contributed by atoms with Crippen molar-refractivity contribution in [1.82, 2.24) is 4.98 Å². The largest absolute Gasteiger partial charge is 0.428 e. The van der Waals surface area contributed by atoms with E-state index in [1.165, 1.54) is 17.1 Å². The van der Waals surface area contributed by atoms with Crippen LogP contribution < -0.4 is 15.0 Å². The van der Waals surface area contributed by atoms with E-state index in [-0.39, 0.29) is 6.85 Å². The molecule has 0 aliphatic carbocycles. The van der Waals surface area contributed by atoms with Gasteiger partial charge in [-0.15, -0.1) is 0 Å². The van der Waals surface area contributed by atoms with E-state index in [0.717, 1.165) is 5.59 Å². The zero-order valence-electron chi connectivity index (χ0n) is 11.5. The number of anilines is 1. The van der Waals surface area contributed by atoms with Crippen LogP contribution >= 0.6 is 0 Å². The Balaban J connectivity index is 2.13. The van der Waals surface area contributed by atoms with E-state index >= 15 is 0 Å². The van der Waals surface area contributed by atoms with Crippen LogP contribution in [-0.2, 0) is 7.05 Å². The summed E-state index contributed by atoms with van der Waals surface area (Å²) in [5.74, 6) is 1.18. The minimum absolute atomic E-state index is 0.245. The van der Waals surface area contributed by atoms with Crippen molar-refractivity contribution in [3.63, 3.8) is 0 Å². The summed E-state index contributed by atoms with van der Waals surface area (Å²) in [4.78, 5) is 6.87. The first-order chi connectivity index (χ1) is 9.18. The molecule has 4 heteroatoms. The van der Waals surface area contributed by atoms with Crippen molar-refractivity contribution in [3.05, 3.63) is 54.0 Å². The van der Waals surface area contributed by atoms with Crippen molar-refractivity contribution in [3.8, 4) is 0 Å². The monoisotopic (exact) mass is 250 g/mol. The van der Waals surface area contributed by atoms with Crippen LogP contribution in [0.1, 0.15) is 12.5 Å². The summed E-state index contributed by atoms with van der Waals surface area (Å²) < 4.78 is 2.14. The average Bonchev–Trinajstić information content (AvgIpc) is 2.41. The lowest BCUT2D eigenvalue weighted by Crippen LogP contribution is -2.53. The number of pyridine rings is 2. The molecule has 2 aromatic heterocycles. The van der Waals surface area contributed by atoms with Gasteiger partial charge in [0.15, 0.2) is 0 Å². The van der Waals surface area contributed by atoms with Crippen LogP contribution in [0.4, 0.5) is 5.82 Å². The van der Waals surface area contributed by atoms with E-state index in [1.807, 2.05) is 18.3 Å². The normalized spacial score (nSPS) is 14.2. The molecular weight excluding hydrogens is 233 g/mol. The van der Waals surface area contributed by atoms with Gasteiger partial charge in [0.1, 0.15) is 0 Å². The fraction of sp³-hybridized carbons (Fsp3) is 0.200. The van der Waals surface area contributed by atoms with Gasteiger partial charge in [-0.2, -0.15) is 0 Å². The molecule has 3 nitrogen and oxygen atoms in total. The highest BCUT2D eigenvalue weighted by atomic mass is 15.2. The molecule has 3 heterocycles. The van der Waals surface area contributed by atoms with Gasteiger partial charge in [-0.25, -0.2) is 4.57 Å². The number of allylic oxidation sites excluding steroid dienone is 1. The van der Waals surface area contributed by atoms with Gasteiger partial charge in [0.25, 0.3) is 5.82 Å². The van der Waals surface area contributed by atoms with Gasteiger partial charge in [-0.05, 0) is 37.5 Å². The first-order valence-corrected chi connectivity index (χ1v) is 6.55. The number of aromatic nitrogens is 2. The van der Waals surface area contributed by atoms with E-state index < -0.39 is 0 Å². The molecule has 1 aliphatic heterocycles. The first-order valence-electron chi connectivity index (χ1n) is 6.55. The molecule has 0 aromatic carbocycles. The third-order valence-electron chi connectivity index (χ3n) is 3.67. The second-order valence-electron chi connectivity index (χ2n) is 4.98. The third-order valence-corrected chi connectivity index (χ3v) is 3.67. The molecule has 0 N–H and O–H groups in total. The Morgan fingerprint density at radius 2 is 2.05 bits per heavy atom. The van der Waals surface area contributed by atoms with Gasteiger partial charge in [0.2, 0.25) is 0 Å². The molecule has 0 amide bonds. The van der Waals surface area contributed by atoms with Crippen molar-refractivity contribution >= 4 is 24.3 Å². The van der Waals surface area contributed by atoms with Crippen LogP contribution in [-0.4, -0.2) is 11.8 Å². The highest BCUT2D eigenvalue weighted by molar-refractivity contribution is 6.76. The summed E-state index contributed by atoms with van der Waals surface area (Å²) in [6.45, 7) is 4.60. The predicted octanol–water partition coefficient (Wildman–Crippen LogP) is 1.62. The molecule has 0 bridgehead atoms. The van der Waals surface area contributed by atoms with Gasteiger partial charge >= 0.3 is 6.85 Å². The summed E-state index contributed by atoms with van der Waals surface area (Å²) in [5, 5.41) is 0. The fourth-order valence-corrected chi connectivity index (χ4v) is 2.77. The SMILES string of the molecule is CB1c2ncccc2C=C(C)N1c1cccc[n+]1C. The van der Waals surface area contributed by atoms with Gasteiger partial charge < -0.3 is 0 Å². The molecule has 0 saturated carbocycles. The van der Waals surface area contributed by atoms with Crippen LogP contribution in [0, 0.1) is 0 Å². The first kappa shape index (κ1) is 12.0. The molecule has 0 saturated heterocycles. The molecule has 0 radical (unpaired) electrons. The number of aryl methyl sites for hydroxylation is 1. The zero-order valence-corrected chi connectivity index (χ0v) is 11.5. The smallest absolute Gasteiger partial charge is 0.289 e. The summed E-state index contributed by atoms with van der Waals surface area (Å²) in [7, 11) is 2.07. The van der Waals surface area contributed by atoms with E-state index in [9.17, 15) is 0 Å². The Morgan fingerprint density at radius 1 is 1.21 bits per heavy atom. The van der Waals surface area contributed by atoms with Crippen molar-refractivity contribution in [1.29, 1.82) is 0 Å². The summed E-state index contributed by atoms with van der Waals surface area (Å²) in [5.41, 5.74) is 3.61. The second-order valence-corrected chi connectivity index (χ2v) is 4.98. The molecule has 2 aromatic rings.